The summed E-state index contributed by atoms with van der Waals surface area (Å²) in [4.78, 5) is 5.67. The van der Waals surface area contributed by atoms with Gasteiger partial charge in [0.25, 0.3) is 0 Å². The number of nitrogens with zero attached hydrogens (tertiary/aromatic N) is 1. The molecule has 0 bridgehead atoms. The number of hydrogen-bond donors (Lipinski definition) is 1. The van der Waals surface area contributed by atoms with E-state index in [0.29, 0.717) is 0 Å². The molecule has 0 saturated heterocycles. The SMILES string of the molecule is CCCNCc1cnc(-c2ccc(Br)cc2Cl)s1. The number of hydrogen-bond acceptors (Lipinski definition) is 3. The van der Waals surface area contributed by atoms with Crippen molar-refractivity contribution in [3.05, 3.63) is 38.8 Å². The van der Waals surface area contributed by atoms with E-state index in [1.165, 1.54) is 4.88 Å². The van der Waals surface area contributed by atoms with Gasteiger partial charge in [-0.25, -0.2) is 4.98 Å². The number of benzene rings is 1. The van der Waals surface area contributed by atoms with Gasteiger partial charge in [0, 0.05) is 27.7 Å². The normalized spacial score (nSPS) is 10.8. The molecule has 1 heterocycles. The molecule has 0 fully saturated rings. The summed E-state index contributed by atoms with van der Waals surface area (Å²) in [6.07, 6.45) is 3.06. The summed E-state index contributed by atoms with van der Waals surface area (Å²) in [5, 5.41) is 5.07. The Bertz CT molecular complexity index is 527. The van der Waals surface area contributed by atoms with Crippen molar-refractivity contribution in [3.63, 3.8) is 0 Å². The number of thiazole rings is 1. The average molecular weight is 346 g/mol. The van der Waals surface area contributed by atoms with Gasteiger partial charge in [-0.05, 0) is 31.2 Å². The van der Waals surface area contributed by atoms with Gasteiger partial charge in [-0.3, -0.25) is 0 Å². The fourth-order valence-corrected chi connectivity index (χ4v) is 3.31. The first-order chi connectivity index (χ1) is 8.70. The highest BCUT2D eigenvalue weighted by Crippen LogP contribution is 2.32. The molecule has 0 radical (unpaired) electrons. The van der Waals surface area contributed by atoms with E-state index in [9.17, 15) is 0 Å². The van der Waals surface area contributed by atoms with Crippen LogP contribution in [0, 0.1) is 0 Å². The third kappa shape index (κ3) is 3.54. The molecule has 0 amide bonds. The maximum atomic E-state index is 6.22. The summed E-state index contributed by atoms with van der Waals surface area (Å²) in [7, 11) is 0. The quantitative estimate of drug-likeness (QED) is 0.793. The molecule has 96 valence electrons. The molecular formula is C13H14BrClN2S. The molecule has 0 aliphatic carbocycles. The molecule has 1 N–H and O–H groups in total. The van der Waals surface area contributed by atoms with E-state index in [4.69, 9.17) is 11.6 Å². The van der Waals surface area contributed by atoms with Crippen molar-refractivity contribution < 1.29 is 0 Å². The number of nitrogens with one attached hydrogen (secondary N) is 1. The Hall–Kier alpha value is -0.420. The fraction of sp³-hybridized carbons (Fsp3) is 0.308. The van der Waals surface area contributed by atoms with Crippen LogP contribution in [0.4, 0.5) is 0 Å². The molecule has 1 aromatic carbocycles. The number of halogens is 2. The zero-order valence-electron chi connectivity index (χ0n) is 10.0. The van der Waals surface area contributed by atoms with Gasteiger partial charge in [0.15, 0.2) is 0 Å². The van der Waals surface area contributed by atoms with E-state index in [1.54, 1.807) is 11.3 Å². The van der Waals surface area contributed by atoms with Crippen LogP contribution in [0.5, 0.6) is 0 Å². The van der Waals surface area contributed by atoms with Crippen molar-refractivity contribution >= 4 is 38.9 Å². The predicted molar refractivity (Wildman–Crippen MR) is 82.3 cm³/mol. The van der Waals surface area contributed by atoms with Crippen molar-refractivity contribution in [2.75, 3.05) is 6.54 Å². The van der Waals surface area contributed by atoms with Crippen molar-refractivity contribution in [2.24, 2.45) is 0 Å². The molecule has 2 rings (SSSR count). The van der Waals surface area contributed by atoms with Crippen molar-refractivity contribution in [1.29, 1.82) is 0 Å². The van der Waals surface area contributed by atoms with Gasteiger partial charge in [-0.1, -0.05) is 34.5 Å². The van der Waals surface area contributed by atoms with Gasteiger partial charge in [-0.15, -0.1) is 11.3 Å². The standard InChI is InChI=1S/C13H14BrClN2S/c1-2-5-16-7-10-8-17-13(18-10)11-4-3-9(14)6-12(11)15/h3-4,6,8,16H,2,5,7H2,1H3. The zero-order valence-corrected chi connectivity index (χ0v) is 13.2. The van der Waals surface area contributed by atoms with Gasteiger partial charge in [0.05, 0.1) is 5.02 Å². The summed E-state index contributed by atoms with van der Waals surface area (Å²) < 4.78 is 0.984. The van der Waals surface area contributed by atoms with Crippen LogP contribution in [0.25, 0.3) is 10.6 Å². The lowest BCUT2D eigenvalue weighted by Crippen LogP contribution is -2.12. The molecular weight excluding hydrogens is 332 g/mol. The van der Waals surface area contributed by atoms with E-state index in [0.717, 1.165) is 39.6 Å². The number of rotatable bonds is 5. The average Bonchev–Trinajstić information content (AvgIpc) is 2.78. The first-order valence-corrected chi connectivity index (χ1v) is 7.80. The Morgan fingerprint density at radius 1 is 1.44 bits per heavy atom. The van der Waals surface area contributed by atoms with Crippen LogP contribution >= 0.6 is 38.9 Å². The van der Waals surface area contributed by atoms with Gasteiger partial charge in [-0.2, -0.15) is 0 Å². The van der Waals surface area contributed by atoms with Crippen LogP contribution in [-0.2, 0) is 6.54 Å². The van der Waals surface area contributed by atoms with Gasteiger partial charge in [0.1, 0.15) is 5.01 Å². The maximum Gasteiger partial charge on any atom is 0.125 e. The van der Waals surface area contributed by atoms with Crippen molar-refractivity contribution in [3.8, 4) is 10.6 Å². The molecule has 0 spiro atoms. The van der Waals surface area contributed by atoms with Crippen molar-refractivity contribution in [1.82, 2.24) is 10.3 Å². The van der Waals surface area contributed by atoms with E-state index in [1.807, 2.05) is 24.4 Å². The van der Waals surface area contributed by atoms with E-state index in [-0.39, 0.29) is 0 Å². The first kappa shape index (κ1) is 14.0. The summed E-state index contributed by atoms with van der Waals surface area (Å²) in [6.45, 7) is 4.07. The monoisotopic (exact) mass is 344 g/mol. The lowest BCUT2D eigenvalue weighted by molar-refractivity contribution is 0.681. The van der Waals surface area contributed by atoms with Crippen LogP contribution in [0.1, 0.15) is 18.2 Å². The van der Waals surface area contributed by atoms with E-state index >= 15 is 0 Å². The minimum Gasteiger partial charge on any atom is -0.312 e. The molecule has 5 heteroatoms. The summed E-state index contributed by atoms with van der Waals surface area (Å²) in [6, 6.07) is 5.87. The second-order valence-corrected chi connectivity index (χ2v) is 6.37. The largest absolute Gasteiger partial charge is 0.312 e. The molecule has 1 aromatic heterocycles. The second-order valence-electron chi connectivity index (χ2n) is 3.93. The second kappa shape index (κ2) is 6.66. The first-order valence-electron chi connectivity index (χ1n) is 5.81. The zero-order chi connectivity index (χ0) is 13.0. The Kier molecular flexibility index (Phi) is 5.18. The van der Waals surface area contributed by atoms with Crippen LogP contribution in [0.3, 0.4) is 0 Å². The molecule has 0 atom stereocenters. The fourth-order valence-electron chi connectivity index (χ4n) is 1.57. The van der Waals surface area contributed by atoms with Crippen molar-refractivity contribution in [2.45, 2.75) is 19.9 Å². The third-order valence-corrected chi connectivity index (χ3v) is 4.28. The molecule has 2 nitrogen and oxygen atoms in total. The lowest BCUT2D eigenvalue weighted by Gasteiger charge is -2.01. The summed E-state index contributed by atoms with van der Waals surface area (Å²) in [5.41, 5.74) is 0.992. The van der Waals surface area contributed by atoms with Crippen LogP contribution in [-0.4, -0.2) is 11.5 Å². The Morgan fingerprint density at radius 3 is 3.00 bits per heavy atom. The minimum absolute atomic E-state index is 0.729. The van der Waals surface area contributed by atoms with Crippen LogP contribution in [0.2, 0.25) is 5.02 Å². The predicted octanol–water partition coefficient (Wildman–Crippen LogP) is 4.73. The topological polar surface area (TPSA) is 24.9 Å². The van der Waals surface area contributed by atoms with E-state index in [2.05, 4.69) is 33.2 Å². The van der Waals surface area contributed by atoms with Gasteiger partial charge >= 0.3 is 0 Å². The lowest BCUT2D eigenvalue weighted by atomic mass is 10.2. The van der Waals surface area contributed by atoms with Crippen LogP contribution in [0.15, 0.2) is 28.9 Å². The van der Waals surface area contributed by atoms with E-state index < -0.39 is 0 Å². The number of aromatic nitrogens is 1. The molecule has 0 aliphatic heterocycles. The molecule has 18 heavy (non-hydrogen) atoms. The highest BCUT2D eigenvalue weighted by molar-refractivity contribution is 9.10. The third-order valence-electron chi connectivity index (χ3n) is 2.44. The van der Waals surface area contributed by atoms with Gasteiger partial charge in [0.2, 0.25) is 0 Å². The summed E-state index contributed by atoms with van der Waals surface area (Å²) >= 11 is 11.3. The molecule has 0 unspecified atom stereocenters. The maximum absolute atomic E-state index is 6.22. The smallest absolute Gasteiger partial charge is 0.125 e. The Labute approximate surface area is 125 Å². The minimum atomic E-state index is 0.729. The van der Waals surface area contributed by atoms with Crippen LogP contribution < -0.4 is 5.32 Å². The Morgan fingerprint density at radius 2 is 2.28 bits per heavy atom. The van der Waals surface area contributed by atoms with Gasteiger partial charge < -0.3 is 5.32 Å². The highest BCUT2D eigenvalue weighted by Gasteiger charge is 2.08. The Balaban J connectivity index is 2.13. The molecule has 0 saturated carbocycles. The highest BCUT2D eigenvalue weighted by atomic mass is 79.9. The molecule has 0 aliphatic rings. The molecule has 2 aromatic rings. The summed E-state index contributed by atoms with van der Waals surface area (Å²) in [5.74, 6) is 0.